The van der Waals surface area contributed by atoms with Crippen LogP contribution >= 0.6 is 11.6 Å². The minimum atomic E-state index is -1.24. The van der Waals surface area contributed by atoms with Crippen molar-refractivity contribution in [1.82, 2.24) is 34.8 Å². The van der Waals surface area contributed by atoms with Crippen LogP contribution in [0.15, 0.2) is 53.5 Å². The van der Waals surface area contributed by atoms with Gasteiger partial charge in [0.25, 0.3) is 5.56 Å². The van der Waals surface area contributed by atoms with Crippen molar-refractivity contribution in [2.45, 2.75) is 44.8 Å². The maximum Gasteiger partial charge on any atom is 0.320 e. The number of rotatable bonds is 34. The van der Waals surface area contributed by atoms with E-state index in [0.717, 1.165) is 0 Å². The van der Waals surface area contributed by atoms with E-state index in [1.54, 1.807) is 62.9 Å². The second-order valence-corrected chi connectivity index (χ2v) is 18.9. The topological polar surface area (TPSA) is 378 Å². The van der Waals surface area contributed by atoms with E-state index in [1.165, 1.54) is 16.8 Å². The lowest BCUT2D eigenvalue weighted by Gasteiger charge is -2.35. The number of nitrogens with zero attached hydrogens (tertiary/aromatic N) is 5. The van der Waals surface area contributed by atoms with E-state index in [9.17, 15) is 74.1 Å². The van der Waals surface area contributed by atoms with Gasteiger partial charge in [0.05, 0.1) is 78.3 Å². The first-order chi connectivity index (χ1) is 38.8. The van der Waals surface area contributed by atoms with E-state index >= 15 is 0 Å². The number of hydrogen-bond donors (Lipinski definition) is 10. The number of urea groups is 1. The van der Waals surface area contributed by atoms with Crippen molar-refractivity contribution in [2.24, 2.45) is 0 Å². The van der Waals surface area contributed by atoms with Gasteiger partial charge in [-0.25, -0.2) is 4.79 Å². The number of aliphatic hydroxyl groups excluding tert-OH is 2. The van der Waals surface area contributed by atoms with Crippen LogP contribution in [-0.4, -0.2) is 246 Å². The summed E-state index contributed by atoms with van der Waals surface area (Å²) in [5.74, 6) is -5.67. The summed E-state index contributed by atoms with van der Waals surface area (Å²) in [4.78, 5) is 107. The molecule has 0 bridgehead atoms. The number of anilines is 1. The number of aliphatic hydroxyl groups is 2. The normalized spacial score (nSPS) is 14.8. The summed E-state index contributed by atoms with van der Waals surface area (Å²) in [6, 6.07) is 7.90. The van der Waals surface area contributed by atoms with Crippen LogP contribution in [0.4, 0.5) is 10.5 Å². The van der Waals surface area contributed by atoms with Gasteiger partial charge < -0.3 is 79.9 Å². The Morgan fingerprint density at radius 1 is 0.679 bits per heavy atom. The van der Waals surface area contributed by atoms with Crippen LogP contribution in [0.2, 0.25) is 5.02 Å². The van der Waals surface area contributed by atoms with Gasteiger partial charge in [-0.15, -0.1) is 0 Å². The van der Waals surface area contributed by atoms with E-state index in [1.807, 2.05) is 0 Å². The van der Waals surface area contributed by atoms with Gasteiger partial charge in [-0.3, -0.25) is 53.2 Å². The van der Waals surface area contributed by atoms with E-state index < -0.39 is 65.8 Å². The molecule has 2 heterocycles. The van der Waals surface area contributed by atoms with Gasteiger partial charge in [-0.1, -0.05) is 29.8 Å². The molecule has 1 aliphatic rings. The molecule has 2 atom stereocenters. The van der Waals surface area contributed by atoms with Crippen molar-refractivity contribution >= 4 is 59.1 Å². The Kier molecular flexibility index (Phi) is 29.1. The molecule has 0 spiro atoms. The summed E-state index contributed by atoms with van der Waals surface area (Å²) in [5, 5.41) is 75.2. The predicted octanol–water partition coefficient (Wildman–Crippen LogP) is 0.175. The molecule has 448 valence electrons. The number of ether oxygens (including phenoxy) is 5. The van der Waals surface area contributed by atoms with Crippen LogP contribution < -0.4 is 35.7 Å². The van der Waals surface area contributed by atoms with E-state index in [4.69, 9.17) is 35.3 Å². The number of aliphatic carboxylic acids is 5. The number of pyridine rings is 1. The Morgan fingerprint density at radius 2 is 1.25 bits per heavy atom. The van der Waals surface area contributed by atoms with Crippen molar-refractivity contribution in [3.05, 3.63) is 80.7 Å². The minimum Gasteiger partial charge on any atom is -0.491 e. The Morgan fingerprint density at radius 3 is 1.83 bits per heavy atom. The average molecular weight is 1170 g/mol. The Hall–Kier alpha value is -7.15. The molecular weight excluding hydrogens is 1090 g/mol. The molecule has 29 heteroatoms. The highest BCUT2D eigenvalue weighted by atomic mass is 35.5. The molecule has 3 amide bonds. The highest BCUT2D eigenvalue weighted by Gasteiger charge is 2.29. The lowest BCUT2D eigenvalue weighted by Crippen LogP contribution is -2.52. The number of amides is 3. The number of nitrogens with one attached hydrogen (secondary N) is 3. The molecule has 28 nitrogen and oxygen atoms in total. The molecule has 0 aliphatic carbocycles. The Bertz CT molecular complexity index is 2580. The molecule has 2 unspecified atom stereocenters. The lowest BCUT2D eigenvalue weighted by atomic mass is 10.0. The van der Waals surface area contributed by atoms with Gasteiger partial charge in [0, 0.05) is 87.7 Å². The van der Waals surface area contributed by atoms with Gasteiger partial charge in [-0.2, -0.15) is 0 Å². The molecule has 0 saturated carbocycles. The summed E-state index contributed by atoms with van der Waals surface area (Å²) in [7, 11) is 0. The summed E-state index contributed by atoms with van der Waals surface area (Å²) in [5.41, 5.74) is 0.134. The fraction of sp³-hybridized carbons (Fsp3) is 0.538. The highest BCUT2D eigenvalue weighted by molar-refractivity contribution is 6.31. The Balaban J connectivity index is 1.33. The molecule has 10 N–H and O–H groups in total. The first-order valence-corrected chi connectivity index (χ1v) is 26.4. The largest absolute Gasteiger partial charge is 0.491 e. The van der Waals surface area contributed by atoms with Gasteiger partial charge >= 0.3 is 35.9 Å². The number of aryl methyl sites for hydroxylation is 1. The van der Waals surface area contributed by atoms with Crippen molar-refractivity contribution < 1.29 is 93.0 Å². The molecular formula is C52H73ClN8O20. The second-order valence-electron chi connectivity index (χ2n) is 18.5. The zero-order valence-corrected chi connectivity index (χ0v) is 45.8. The van der Waals surface area contributed by atoms with Gasteiger partial charge in [0.2, 0.25) is 5.91 Å². The number of benzene rings is 2. The third-order valence-electron chi connectivity index (χ3n) is 12.4. The quantitative estimate of drug-likeness (QED) is 0.0356. The molecule has 0 radical (unpaired) electrons. The number of carbonyl (C=O) groups excluding carboxylic acids is 2. The predicted molar refractivity (Wildman–Crippen MR) is 289 cm³/mol. The minimum absolute atomic E-state index is 0.0161. The molecule has 81 heavy (non-hydrogen) atoms. The number of carbonyl (C=O) groups is 7. The van der Waals surface area contributed by atoms with Crippen LogP contribution in [-0.2, 0) is 44.8 Å². The van der Waals surface area contributed by atoms with E-state index in [0.29, 0.717) is 28.2 Å². The van der Waals surface area contributed by atoms with Crippen LogP contribution in [0.1, 0.15) is 42.0 Å². The zero-order valence-electron chi connectivity index (χ0n) is 45.0. The molecule has 1 aliphatic heterocycles. The average Bonchev–Trinajstić information content (AvgIpc) is 3.41. The zero-order chi connectivity index (χ0) is 59.3. The maximum absolute atomic E-state index is 14.3. The first kappa shape index (κ1) is 66.4. The standard InChI is InChI=1S/C52H73ClN8O20/c1-35-30-61(31-38-39(53)6-3-7-42(38)80-23-20-63)50(73)48(56-52(76)55-40(29-44(65)66)36-4-2-5-37(28-36)79-22-19-62)49(35)81-27-26-78-25-24-77-21-10-54-43(64)9-8-41(51(74)75)60-17-15-58(33-46(69)70)13-11-57(32-45(67)68)12-14-59(16-18-60)34-47(71)72/h2-7,28,30,40-41,62-63H,8-27,29,31-34H2,1H3,(H,54,64)(H,65,66)(H,67,68)(H,69,70)(H,71,72)(H,74,75)(H2,55,56,76). The molecule has 3 aromatic rings. The summed E-state index contributed by atoms with van der Waals surface area (Å²) < 4.78 is 29.7. The summed E-state index contributed by atoms with van der Waals surface area (Å²) in [6.45, 7) is 0.907. The Labute approximate surface area is 471 Å². The molecule has 1 fully saturated rings. The number of carboxylic acids is 5. The van der Waals surface area contributed by atoms with Gasteiger partial charge in [0.1, 0.15) is 37.4 Å². The smallest absolute Gasteiger partial charge is 0.320 e. The first-order valence-electron chi connectivity index (χ1n) is 26.0. The summed E-state index contributed by atoms with van der Waals surface area (Å²) in [6.07, 6.45) is 0.624. The van der Waals surface area contributed by atoms with Crippen molar-refractivity contribution in [3.63, 3.8) is 0 Å². The molecule has 1 aromatic heterocycles. The second kappa shape index (κ2) is 35.6. The SMILES string of the molecule is Cc1cn(Cc2c(Cl)cccc2OCCO)c(=O)c(NC(=O)NC(CC(=O)O)c2cccc(OCCO)c2)c1OCCOCCOCCNC(=O)CCC(C(=O)O)N1CCN(CC(=O)O)CCN(CC(=O)O)CCN(CC(=O)O)CC1. The van der Waals surface area contributed by atoms with Crippen LogP contribution in [0.3, 0.4) is 0 Å². The van der Waals surface area contributed by atoms with Crippen molar-refractivity contribution in [3.8, 4) is 17.2 Å². The third-order valence-corrected chi connectivity index (χ3v) is 12.8. The number of hydrogen-bond acceptors (Lipinski definition) is 19. The lowest BCUT2D eigenvalue weighted by molar-refractivity contribution is -0.145. The monoisotopic (exact) mass is 1160 g/mol. The number of halogens is 1. The van der Waals surface area contributed by atoms with Crippen molar-refractivity contribution in [2.75, 3.05) is 143 Å². The fourth-order valence-corrected chi connectivity index (χ4v) is 8.82. The molecule has 4 rings (SSSR count). The highest BCUT2D eigenvalue weighted by Crippen LogP contribution is 2.30. The summed E-state index contributed by atoms with van der Waals surface area (Å²) >= 11 is 6.54. The van der Waals surface area contributed by atoms with Crippen LogP contribution in [0.5, 0.6) is 17.2 Å². The van der Waals surface area contributed by atoms with E-state index in [2.05, 4.69) is 16.0 Å². The molecule has 2 aromatic carbocycles. The van der Waals surface area contributed by atoms with Gasteiger partial charge in [-0.05, 0) is 43.2 Å². The molecule has 1 saturated heterocycles. The van der Waals surface area contributed by atoms with Crippen LogP contribution in [0.25, 0.3) is 0 Å². The van der Waals surface area contributed by atoms with Crippen molar-refractivity contribution in [1.29, 1.82) is 0 Å². The fourth-order valence-electron chi connectivity index (χ4n) is 8.59. The van der Waals surface area contributed by atoms with E-state index in [-0.39, 0.29) is 174 Å². The maximum atomic E-state index is 14.3. The van der Waals surface area contributed by atoms with Gasteiger partial charge in [0.15, 0.2) is 11.4 Å². The number of carboxylic acid groups (broad SMARTS) is 5. The third kappa shape index (κ3) is 24.2. The van der Waals surface area contributed by atoms with Crippen LogP contribution in [0, 0.1) is 6.92 Å². The number of aromatic nitrogens is 1.